The summed E-state index contributed by atoms with van der Waals surface area (Å²) in [6, 6.07) is 6.12. The fourth-order valence-electron chi connectivity index (χ4n) is 4.39. The molecule has 0 bridgehead atoms. The first-order valence-corrected chi connectivity index (χ1v) is 15.9. The summed E-state index contributed by atoms with van der Waals surface area (Å²) >= 11 is 2.39. The Kier molecular flexibility index (Phi) is 7.56. The van der Waals surface area contributed by atoms with Crippen molar-refractivity contribution >= 4 is 30.9 Å². The van der Waals surface area contributed by atoms with Crippen LogP contribution in [0.4, 0.5) is 4.39 Å². The molecule has 2 atom stereocenters. The number of aliphatic hydroxyl groups excluding tert-OH is 1. The molecule has 33 heavy (non-hydrogen) atoms. The molecule has 1 N–H and O–H groups in total. The monoisotopic (exact) mass is 583 g/mol. The Balaban J connectivity index is 2.21. The van der Waals surface area contributed by atoms with Crippen LogP contribution in [0.25, 0.3) is 0 Å². The average Bonchev–Trinajstić information content (AvgIpc) is 2.65. The zero-order chi connectivity index (χ0) is 24.9. The molecule has 0 unspecified atom stereocenters. The number of fused-ring (bicyclic) bond motifs is 1. The van der Waals surface area contributed by atoms with E-state index in [1.165, 1.54) is 12.1 Å². The quantitative estimate of drug-likeness (QED) is 0.286. The molecule has 1 aliphatic rings. The predicted molar refractivity (Wildman–Crippen MR) is 145 cm³/mol. The second kappa shape index (κ2) is 9.32. The highest BCUT2D eigenvalue weighted by molar-refractivity contribution is 14.1. The van der Waals surface area contributed by atoms with Crippen molar-refractivity contribution in [1.29, 1.82) is 0 Å². The SMILES string of the molecule is CC(C)c1nc2c(c(I)c1[C@H](O)c1ccc(F)cc1)[C@@H](O[Si](C)(C)C(C)(C)C)CC(C)(C)C2. The Morgan fingerprint density at radius 2 is 1.76 bits per heavy atom. The molecule has 0 radical (unpaired) electrons. The molecule has 182 valence electrons. The van der Waals surface area contributed by atoms with E-state index in [1.807, 2.05) is 0 Å². The normalized spacial score (nSPS) is 19.5. The molecule has 1 aromatic carbocycles. The third-order valence-electron chi connectivity index (χ3n) is 7.27. The highest BCUT2D eigenvalue weighted by Crippen LogP contribution is 2.50. The van der Waals surface area contributed by atoms with Crippen LogP contribution < -0.4 is 0 Å². The van der Waals surface area contributed by atoms with Crippen molar-refractivity contribution < 1.29 is 13.9 Å². The van der Waals surface area contributed by atoms with Gasteiger partial charge in [0.25, 0.3) is 0 Å². The summed E-state index contributed by atoms with van der Waals surface area (Å²) in [5.41, 5.74) is 4.74. The Hall–Kier alpha value is -0.833. The van der Waals surface area contributed by atoms with Crippen molar-refractivity contribution in [3.63, 3.8) is 0 Å². The molecule has 0 saturated heterocycles. The molecule has 1 aliphatic carbocycles. The number of hydrogen-bond acceptors (Lipinski definition) is 3. The van der Waals surface area contributed by atoms with Gasteiger partial charge in [0.15, 0.2) is 8.32 Å². The van der Waals surface area contributed by atoms with E-state index in [0.717, 1.165) is 38.9 Å². The summed E-state index contributed by atoms with van der Waals surface area (Å²) in [4.78, 5) is 5.17. The van der Waals surface area contributed by atoms with Gasteiger partial charge in [-0.05, 0) is 82.6 Å². The number of hydrogen-bond donors (Lipinski definition) is 1. The number of aromatic nitrogens is 1. The van der Waals surface area contributed by atoms with E-state index in [1.54, 1.807) is 12.1 Å². The second-order valence-corrected chi connectivity index (χ2v) is 17.9. The summed E-state index contributed by atoms with van der Waals surface area (Å²) in [5, 5.41) is 11.5. The lowest BCUT2D eigenvalue weighted by atomic mass is 9.74. The van der Waals surface area contributed by atoms with Gasteiger partial charge >= 0.3 is 0 Å². The van der Waals surface area contributed by atoms with Gasteiger partial charge in [-0.3, -0.25) is 4.98 Å². The van der Waals surface area contributed by atoms with Gasteiger partial charge in [0.2, 0.25) is 0 Å². The first kappa shape index (κ1) is 26.8. The van der Waals surface area contributed by atoms with Gasteiger partial charge in [-0.2, -0.15) is 0 Å². The maximum atomic E-state index is 13.5. The predicted octanol–water partition coefficient (Wildman–Crippen LogP) is 8.07. The summed E-state index contributed by atoms with van der Waals surface area (Å²) in [6.07, 6.45) is 0.903. The third-order valence-corrected chi connectivity index (χ3v) is 12.9. The zero-order valence-electron chi connectivity index (χ0n) is 21.5. The molecule has 0 aliphatic heterocycles. The largest absolute Gasteiger partial charge is 0.410 e. The number of nitrogens with zero attached hydrogens (tertiary/aromatic N) is 1. The first-order valence-electron chi connectivity index (χ1n) is 11.9. The standard InChI is InChI=1S/C27H39FINO2Si/c1-16(2)24-22(25(31)17-10-12-18(28)13-11-17)23(29)21-19(30-24)14-27(6,7)15-20(21)32-33(8,9)26(3,4)5/h10-13,16,20,25,31H,14-15H2,1-9H3/t20-,25+/m0/s1. The zero-order valence-corrected chi connectivity index (χ0v) is 24.7. The maximum absolute atomic E-state index is 13.5. The number of pyridine rings is 1. The van der Waals surface area contributed by atoms with Crippen molar-refractivity contribution in [1.82, 2.24) is 4.98 Å². The van der Waals surface area contributed by atoms with E-state index in [2.05, 4.69) is 84.2 Å². The minimum Gasteiger partial charge on any atom is -0.410 e. The lowest BCUT2D eigenvalue weighted by Crippen LogP contribution is -2.44. The average molecular weight is 584 g/mol. The van der Waals surface area contributed by atoms with Gasteiger partial charge in [0.05, 0.1) is 11.8 Å². The fraction of sp³-hybridized carbons (Fsp3) is 0.593. The summed E-state index contributed by atoms with van der Waals surface area (Å²) in [7, 11) is -2.03. The van der Waals surface area contributed by atoms with Crippen molar-refractivity contribution in [3.8, 4) is 0 Å². The molecular weight excluding hydrogens is 544 g/mol. The molecule has 3 rings (SSSR count). The molecule has 1 aromatic heterocycles. The minimum atomic E-state index is -2.03. The van der Waals surface area contributed by atoms with Crippen molar-refractivity contribution in [2.45, 2.75) is 97.6 Å². The second-order valence-electron chi connectivity index (χ2n) is 12.1. The topological polar surface area (TPSA) is 42.4 Å². The third kappa shape index (κ3) is 5.54. The minimum absolute atomic E-state index is 0.0515. The van der Waals surface area contributed by atoms with Crippen molar-refractivity contribution in [3.05, 3.63) is 61.7 Å². The molecular formula is C27H39FINO2Si. The van der Waals surface area contributed by atoms with Crippen LogP contribution >= 0.6 is 22.6 Å². The molecule has 0 spiro atoms. The van der Waals surface area contributed by atoms with Gasteiger partial charge in [-0.15, -0.1) is 0 Å². The lowest BCUT2D eigenvalue weighted by Gasteiger charge is -2.44. The van der Waals surface area contributed by atoms with Crippen LogP contribution in [0, 0.1) is 14.8 Å². The molecule has 1 heterocycles. The Morgan fingerprint density at radius 3 is 2.27 bits per heavy atom. The molecule has 2 aromatic rings. The van der Waals surface area contributed by atoms with Crippen LogP contribution in [0.3, 0.4) is 0 Å². The highest BCUT2D eigenvalue weighted by Gasteiger charge is 2.44. The van der Waals surface area contributed by atoms with Crippen LogP contribution in [-0.2, 0) is 10.8 Å². The van der Waals surface area contributed by atoms with Crippen LogP contribution in [-0.4, -0.2) is 18.4 Å². The summed E-state index contributed by atoms with van der Waals surface area (Å²) in [5.74, 6) is -0.155. The summed E-state index contributed by atoms with van der Waals surface area (Å²) < 4.78 is 21.6. The lowest BCUT2D eigenvalue weighted by molar-refractivity contribution is 0.104. The summed E-state index contributed by atoms with van der Waals surface area (Å²) in [6.45, 7) is 20.2. The highest BCUT2D eigenvalue weighted by atomic mass is 127. The van der Waals surface area contributed by atoms with E-state index in [9.17, 15) is 9.50 Å². The van der Waals surface area contributed by atoms with Crippen molar-refractivity contribution in [2.75, 3.05) is 0 Å². The molecule has 0 amide bonds. The number of rotatable bonds is 5. The molecule has 0 saturated carbocycles. The van der Waals surface area contributed by atoms with Gasteiger partial charge in [0, 0.05) is 20.4 Å². The number of halogens is 2. The van der Waals surface area contributed by atoms with Gasteiger partial charge in [-0.25, -0.2) is 4.39 Å². The van der Waals surface area contributed by atoms with Crippen LogP contribution in [0.5, 0.6) is 0 Å². The maximum Gasteiger partial charge on any atom is 0.192 e. The van der Waals surface area contributed by atoms with Gasteiger partial charge < -0.3 is 9.53 Å². The van der Waals surface area contributed by atoms with E-state index < -0.39 is 14.4 Å². The van der Waals surface area contributed by atoms with Gasteiger partial charge in [0.1, 0.15) is 11.9 Å². The van der Waals surface area contributed by atoms with E-state index in [4.69, 9.17) is 9.41 Å². The fourth-order valence-corrected chi connectivity index (χ4v) is 6.88. The van der Waals surface area contributed by atoms with Crippen LogP contribution in [0.2, 0.25) is 18.1 Å². The smallest absolute Gasteiger partial charge is 0.192 e. The van der Waals surface area contributed by atoms with E-state index in [0.29, 0.717) is 5.56 Å². The van der Waals surface area contributed by atoms with Crippen LogP contribution in [0.15, 0.2) is 24.3 Å². The van der Waals surface area contributed by atoms with E-state index >= 15 is 0 Å². The molecule has 0 fully saturated rings. The Bertz CT molecular complexity index is 1010. The molecule has 3 nitrogen and oxygen atoms in total. The first-order chi connectivity index (χ1) is 15.0. The van der Waals surface area contributed by atoms with Crippen molar-refractivity contribution in [2.24, 2.45) is 5.41 Å². The number of aliphatic hydroxyl groups is 1. The Morgan fingerprint density at radius 1 is 1.18 bits per heavy atom. The number of benzene rings is 1. The van der Waals surface area contributed by atoms with Crippen LogP contribution in [0.1, 0.15) is 101 Å². The van der Waals surface area contributed by atoms with E-state index in [-0.39, 0.29) is 28.3 Å². The molecule has 6 heteroatoms. The Labute approximate surface area is 213 Å². The van der Waals surface area contributed by atoms with Gasteiger partial charge in [-0.1, -0.05) is 60.6 Å².